The highest BCUT2D eigenvalue weighted by Gasteiger charge is 2.37. The van der Waals surface area contributed by atoms with Crippen LogP contribution in [0.3, 0.4) is 0 Å². The number of hydrogen-bond donors (Lipinski definition) is 0. The highest BCUT2D eigenvalue weighted by atomic mass is 32.2. The molecule has 2 rings (SSSR count). The molecule has 29 heavy (non-hydrogen) atoms. The summed E-state index contributed by atoms with van der Waals surface area (Å²) in [7, 11) is -4.24. The van der Waals surface area contributed by atoms with Crippen molar-refractivity contribution in [3.05, 3.63) is 48.2 Å². The van der Waals surface area contributed by atoms with Crippen LogP contribution in [0.4, 0.5) is 5.69 Å². The van der Waals surface area contributed by atoms with E-state index >= 15 is 0 Å². The lowest BCUT2D eigenvalue weighted by atomic mass is 10.2. The summed E-state index contributed by atoms with van der Waals surface area (Å²) < 4.78 is 39.7. The van der Waals surface area contributed by atoms with Crippen molar-refractivity contribution in [2.45, 2.75) is 50.7 Å². The van der Waals surface area contributed by atoms with Gasteiger partial charge in [-0.05, 0) is 42.8 Å². The minimum absolute atomic E-state index is 0.0500. The van der Waals surface area contributed by atoms with Gasteiger partial charge in [0, 0.05) is 6.07 Å². The number of pyridine rings is 1. The van der Waals surface area contributed by atoms with Crippen molar-refractivity contribution >= 4 is 24.0 Å². The maximum Gasteiger partial charge on any atom is 0.264 e. The van der Waals surface area contributed by atoms with Crippen LogP contribution in [-0.2, 0) is 14.4 Å². The minimum atomic E-state index is -3.77. The summed E-state index contributed by atoms with van der Waals surface area (Å²) >= 11 is 0. The molecule has 2 aromatic rings. The summed E-state index contributed by atoms with van der Waals surface area (Å²) in [5.41, 5.74) is 1.18. The van der Waals surface area contributed by atoms with Crippen LogP contribution in [-0.4, -0.2) is 42.0 Å². The Morgan fingerprint density at radius 3 is 2.28 bits per heavy atom. The Kier molecular flexibility index (Phi) is 7.13. The van der Waals surface area contributed by atoms with E-state index in [4.69, 9.17) is 9.16 Å². The molecule has 8 heteroatoms. The molecule has 0 aliphatic rings. The summed E-state index contributed by atoms with van der Waals surface area (Å²) in [6.07, 6.45) is 1.51. The van der Waals surface area contributed by atoms with Crippen molar-refractivity contribution < 1.29 is 17.6 Å². The van der Waals surface area contributed by atoms with Crippen LogP contribution in [0.15, 0.2) is 47.5 Å². The molecule has 0 bridgehead atoms. The van der Waals surface area contributed by atoms with Crippen LogP contribution in [0.25, 0.3) is 0 Å². The van der Waals surface area contributed by atoms with Gasteiger partial charge in [0.2, 0.25) is 5.88 Å². The Morgan fingerprint density at radius 1 is 1.10 bits per heavy atom. The van der Waals surface area contributed by atoms with E-state index in [1.165, 1.54) is 17.6 Å². The van der Waals surface area contributed by atoms with E-state index in [2.05, 4.69) is 38.8 Å². The molecule has 0 aliphatic heterocycles. The number of benzene rings is 1. The van der Waals surface area contributed by atoms with Gasteiger partial charge in [-0.3, -0.25) is 4.31 Å². The lowest BCUT2D eigenvalue weighted by molar-refractivity contribution is 0.298. The predicted molar refractivity (Wildman–Crippen MR) is 120 cm³/mol. The Bertz CT molecular complexity index is 922. The molecule has 0 N–H and O–H groups in total. The summed E-state index contributed by atoms with van der Waals surface area (Å²) in [6, 6.07) is 10.3. The number of rotatable bonds is 8. The zero-order valence-corrected chi connectivity index (χ0v) is 20.2. The highest BCUT2D eigenvalue weighted by molar-refractivity contribution is 7.92. The van der Waals surface area contributed by atoms with E-state index in [1.54, 1.807) is 37.3 Å². The molecule has 1 heterocycles. The first-order valence-corrected chi connectivity index (χ1v) is 14.0. The minimum Gasteiger partial charge on any atom is -0.481 e. The molecule has 0 amide bonds. The molecule has 0 aliphatic carbocycles. The van der Waals surface area contributed by atoms with E-state index in [1.807, 2.05) is 6.07 Å². The molecule has 0 radical (unpaired) electrons. The van der Waals surface area contributed by atoms with Crippen molar-refractivity contribution in [1.29, 1.82) is 0 Å². The third-order valence-electron chi connectivity index (χ3n) is 5.44. The third-order valence-corrected chi connectivity index (χ3v) is 12.0. The number of nitrogens with zero attached hydrogens (tertiary/aromatic N) is 2. The van der Waals surface area contributed by atoms with E-state index in [-0.39, 0.29) is 16.5 Å². The number of anilines is 1. The van der Waals surface area contributed by atoms with Gasteiger partial charge in [0.15, 0.2) is 8.32 Å². The van der Waals surface area contributed by atoms with Gasteiger partial charge >= 0.3 is 0 Å². The van der Waals surface area contributed by atoms with Crippen LogP contribution < -0.4 is 9.04 Å². The maximum atomic E-state index is 13.5. The largest absolute Gasteiger partial charge is 0.481 e. The average Bonchev–Trinajstić information content (AvgIpc) is 2.64. The van der Waals surface area contributed by atoms with Crippen LogP contribution in [0.1, 0.15) is 26.3 Å². The van der Waals surface area contributed by atoms with Crippen molar-refractivity contribution in [2.75, 3.05) is 24.6 Å². The lowest BCUT2D eigenvalue weighted by Gasteiger charge is -2.37. The van der Waals surface area contributed by atoms with Gasteiger partial charge in [-0.25, -0.2) is 13.4 Å². The fraction of sp³-hybridized carbons (Fsp3) is 0.476. The SMILES string of the molecule is COc1ccc(N(CCO[Si](C)(C)C(C)(C)C)S(=O)(=O)c2ccccc2C)cn1. The second kappa shape index (κ2) is 8.85. The lowest BCUT2D eigenvalue weighted by Crippen LogP contribution is -2.43. The number of aromatic nitrogens is 1. The van der Waals surface area contributed by atoms with E-state index in [0.29, 0.717) is 23.7 Å². The summed E-state index contributed by atoms with van der Waals surface area (Å²) in [4.78, 5) is 4.46. The van der Waals surface area contributed by atoms with Gasteiger partial charge in [-0.15, -0.1) is 0 Å². The van der Waals surface area contributed by atoms with Crippen molar-refractivity contribution in [2.24, 2.45) is 0 Å². The van der Waals surface area contributed by atoms with Gasteiger partial charge in [0.05, 0.1) is 37.0 Å². The fourth-order valence-electron chi connectivity index (χ4n) is 2.59. The molecule has 1 aromatic heterocycles. The summed E-state index contributed by atoms with van der Waals surface area (Å²) in [5.74, 6) is 0.430. The smallest absolute Gasteiger partial charge is 0.264 e. The maximum absolute atomic E-state index is 13.5. The average molecular weight is 437 g/mol. The van der Waals surface area contributed by atoms with Crippen LogP contribution >= 0.6 is 0 Å². The topological polar surface area (TPSA) is 68.7 Å². The number of hydrogen-bond acceptors (Lipinski definition) is 5. The first-order valence-electron chi connectivity index (χ1n) is 9.62. The quantitative estimate of drug-likeness (QED) is 0.565. The van der Waals surface area contributed by atoms with Gasteiger partial charge < -0.3 is 9.16 Å². The van der Waals surface area contributed by atoms with Gasteiger partial charge in [-0.1, -0.05) is 39.0 Å². The molecule has 160 valence electrons. The second-order valence-electron chi connectivity index (χ2n) is 8.51. The molecule has 0 saturated carbocycles. The predicted octanol–water partition coefficient (Wildman–Crippen LogP) is 4.62. The van der Waals surface area contributed by atoms with Gasteiger partial charge in [-0.2, -0.15) is 0 Å². The molecule has 1 aromatic carbocycles. The fourth-order valence-corrected chi connectivity index (χ4v) is 5.29. The summed E-state index contributed by atoms with van der Waals surface area (Å²) in [6.45, 7) is 13.1. The molecule has 6 nitrogen and oxygen atoms in total. The molecule has 0 fully saturated rings. The standard InChI is InChI=1S/C21H32N2O4SSi/c1-17-10-8-9-11-19(17)28(24,25)23(18-12-13-20(26-5)22-16-18)14-15-27-29(6,7)21(2,3)4/h8-13,16H,14-15H2,1-7H3. The monoisotopic (exact) mass is 436 g/mol. The zero-order valence-electron chi connectivity index (χ0n) is 18.4. The second-order valence-corrected chi connectivity index (χ2v) is 15.2. The Hall–Kier alpha value is -1.90. The zero-order chi connectivity index (χ0) is 21.9. The highest BCUT2D eigenvalue weighted by Crippen LogP contribution is 2.36. The van der Waals surface area contributed by atoms with Crippen molar-refractivity contribution in [3.63, 3.8) is 0 Å². The Morgan fingerprint density at radius 2 is 1.76 bits per heavy atom. The van der Waals surface area contributed by atoms with Gasteiger partial charge in [0.25, 0.3) is 10.0 Å². The Balaban J connectivity index is 2.37. The Labute approximate surface area is 176 Å². The van der Waals surface area contributed by atoms with Crippen molar-refractivity contribution in [3.8, 4) is 5.88 Å². The van der Waals surface area contributed by atoms with Crippen molar-refractivity contribution in [1.82, 2.24) is 4.98 Å². The number of aryl methyl sites for hydroxylation is 1. The molecule has 0 saturated heterocycles. The van der Waals surface area contributed by atoms with E-state index in [0.717, 1.165) is 0 Å². The van der Waals surface area contributed by atoms with Crippen LogP contribution in [0, 0.1) is 6.92 Å². The van der Waals surface area contributed by atoms with E-state index in [9.17, 15) is 8.42 Å². The molecule has 0 atom stereocenters. The number of sulfonamides is 1. The number of methoxy groups -OCH3 is 1. The van der Waals surface area contributed by atoms with Gasteiger partial charge in [0.1, 0.15) is 0 Å². The molecular weight excluding hydrogens is 404 g/mol. The van der Waals surface area contributed by atoms with Crippen LogP contribution in [0.2, 0.25) is 18.1 Å². The van der Waals surface area contributed by atoms with E-state index < -0.39 is 18.3 Å². The molecule has 0 unspecified atom stereocenters. The molecule has 0 spiro atoms. The molecular formula is C21H32N2O4SSi. The third kappa shape index (κ3) is 5.37. The number of ether oxygens (including phenoxy) is 1. The summed E-state index contributed by atoms with van der Waals surface area (Å²) in [5, 5.41) is 0.0500. The van der Waals surface area contributed by atoms with Crippen LogP contribution in [0.5, 0.6) is 5.88 Å². The first-order chi connectivity index (χ1) is 13.4. The first kappa shape index (κ1) is 23.4. The normalized spacial score (nSPS) is 12.7.